The van der Waals surface area contributed by atoms with Crippen molar-refractivity contribution in [3.63, 3.8) is 0 Å². The Morgan fingerprint density at radius 1 is 1.13 bits per heavy atom. The number of aryl methyl sites for hydroxylation is 2. The van der Waals surface area contributed by atoms with E-state index in [9.17, 15) is 0 Å². The van der Waals surface area contributed by atoms with Gasteiger partial charge in [0.1, 0.15) is 11.5 Å². The molecule has 0 radical (unpaired) electrons. The number of ether oxygens (including phenoxy) is 1. The van der Waals surface area contributed by atoms with Gasteiger partial charge in [0.05, 0.1) is 5.69 Å². The molecule has 2 rings (SSSR count). The van der Waals surface area contributed by atoms with Crippen molar-refractivity contribution < 1.29 is 4.74 Å². The molecule has 2 aromatic rings. The van der Waals surface area contributed by atoms with Crippen molar-refractivity contribution in [1.29, 1.82) is 0 Å². The average molecular weight is 307 g/mol. The van der Waals surface area contributed by atoms with E-state index in [1.54, 1.807) is 0 Å². The summed E-state index contributed by atoms with van der Waals surface area (Å²) < 4.78 is 5.86. The van der Waals surface area contributed by atoms with Crippen LogP contribution in [0.3, 0.4) is 0 Å². The van der Waals surface area contributed by atoms with Gasteiger partial charge in [-0.3, -0.25) is 4.99 Å². The number of hydrogen-bond donors (Lipinski definition) is 0. The second kappa shape index (κ2) is 8.14. The molecular formula is C21H25NO. The molecule has 120 valence electrons. The van der Waals surface area contributed by atoms with Gasteiger partial charge in [-0.2, -0.15) is 0 Å². The first-order valence-corrected chi connectivity index (χ1v) is 7.20. The summed E-state index contributed by atoms with van der Waals surface area (Å²) in [5.74, 6) is 1.33. The van der Waals surface area contributed by atoms with E-state index in [-0.39, 0.29) is 7.43 Å². The molecular weight excluding hydrogens is 282 g/mol. The number of hydrogen-bond acceptors (Lipinski definition) is 2. The summed E-state index contributed by atoms with van der Waals surface area (Å²) in [6.07, 6.45) is 2.73. The number of benzene rings is 2. The molecule has 2 nitrogen and oxygen atoms in total. The van der Waals surface area contributed by atoms with Gasteiger partial charge in [-0.1, -0.05) is 32.2 Å². The summed E-state index contributed by atoms with van der Waals surface area (Å²) in [4.78, 5) is 4.07. The summed E-state index contributed by atoms with van der Waals surface area (Å²) in [7, 11) is 0. The largest absolute Gasteiger partial charge is 0.457 e. The Morgan fingerprint density at radius 2 is 1.74 bits per heavy atom. The van der Waals surface area contributed by atoms with Crippen molar-refractivity contribution in [2.75, 3.05) is 0 Å². The number of nitrogens with zero attached hydrogens (tertiary/aromatic N) is 1. The molecule has 0 atom stereocenters. The minimum absolute atomic E-state index is 0. The molecule has 0 heterocycles. The third kappa shape index (κ3) is 4.43. The standard InChI is InChI=1S/C20H21NO.CH4/c1-6-7-17-8-10-18(11-9-17)22-16(4)19-12-14(2)15(3)13-20(19)21-5;/h6,8-13H,1,4-5,7H2,2-3H3;1H4. The second-order valence-electron chi connectivity index (χ2n) is 5.27. The minimum atomic E-state index is 0. The Kier molecular flexibility index (Phi) is 6.52. The van der Waals surface area contributed by atoms with E-state index in [1.165, 1.54) is 16.7 Å². The Labute approximate surface area is 139 Å². The monoisotopic (exact) mass is 307 g/mol. The van der Waals surface area contributed by atoms with Crippen LogP contribution < -0.4 is 4.74 Å². The average Bonchev–Trinajstić information content (AvgIpc) is 2.51. The van der Waals surface area contributed by atoms with E-state index in [1.807, 2.05) is 42.5 Å². The fourth-order valence-corrected chi connectivity index (χ4v) is 2.21. The predicted molar refractivity (Wildman–Crippen MR) is 102 cm³/mol. The highest BCUT2D eigenvalue weighted by Crippen LogP contribution is 2.30. The van der Waals surface area contributed by atoms with Crippen LogP contribution in [-0.2, 0) is 6.42 Å². The molecule has 2 heteroatoms. The molecule has 0 spiro atoms. The van der Waals surface area contributed by atoms with E-state index >= 15 is 0 Å². The lowest BCUT2D eigenvalue weighted by molar-refractivity contribution is 0.516. The molecule has 0 saturated heterocycles. The second-order valence-corrected chi connectivity index (χ2v) is 5.27. The summed E-state index contributed by atoms with van der Waals surface area (Å²) in [6, 6.07) is 12.0. The highest BCUT2D eigenvalue weighted by molar-refractivity contribution is 5.73. The van der Waals surface area contributed by atoms with Gasteiger partial charge in [0.15, 0.2) is 0 Å². The lowest BCUT2D eigenvalue weighted by Crippen LogP contribution is -1.96. The van der Waals surface area contributed by atoms with Crippen LogP contribution >= 0.6 is 0 Å². The minimum Gasteiger partial charge on any atom is -0.457 e. The van der Waals surface area contributed by atoms with Gasteiger partial charge in [0.2, 0.25) is 0 Å². The third-order valence-electron chi connectivity index (χ3n) is 3.63. The third-order valence-corrected chi connectivity index (χ3v) is 3.63. The van der Waals surface area contributed by atoms with Gasteiger partial charge < -0.3 is 4.74 Å². The highest BCUT2D eigenvalue weighted by atomic mass is 16.5. The first-order valence-electron chi connectivity index (χ1n) is 7.20. The van der Waals surface area contributed by atoms with Crippen LogP contribution in [0.4, 0.5) is 5.69 Å². The molecule has 0 aliphatic rings. The van der Waals surface area contributed by atoms with Crippen LogP contribution in [-0.4, -0.2) is 6.72 Å². The maximum atomic E-state index is 5.86. The molecule has 0 unspecified atom stereocenters. The smallest absolute Gasteiger partial charge is 0.129 e. The van der Waals surface area contributed by atoms with E-state index < -0.39 is 0 Å². The van der Waals surface area contributed by atoms with Crippen LogP contribution in [0.25, 0.3) is 5.76 Å². The molecule has 0 fully saturated rings. The molecule has 0 saturated carbocycles. The van der Waals surface area contributed by atoms with Crippen molar-refractivity contribution in [3.05, 3.63) is 77.9 Å². The zero-order valence-electron chi connectivity index (χ0n) is 13.2. The lowest BCUT2D eigenvalue weighted by Gasteiger charge is -2.13. The molecule has 23 heavy (non-hydrogen) atoms. The first kappa shape index (κ1) is 18.4. The molecule has 0 aliphatic carbocycles. The van der Waals surface area contributed by atoms with E-state index in [0.29, 0.717) is 5.76 Å². The molecule has 0 N–H and O–H groups in total. The van der Waals surface area contributed by atoms with Crippen LogP contribution in [0.15, 0.2) is 60.6 Å². The Balaban J connectivity index is 0.00000264. The fourth-order valence-electron chi connectivity index (χ4n) is 2.21. The predicted octanol–water partition coefficient (Wildman–Crippen LogP) is 6.05. The Hall–Kier alpha value is -2.61. The van der Waals surface area contributed by atoms with Gasteiger partial charge >= 0.3 is 0 Å². The van der Waals surface area contributed by atoms with E-state index in [2.05, 4.69) is 38.7 Å². The van der Waals surface area contributed by atoms with Crippen LogP contribution in [0.1, 0.15) is 29.7 Å². The summed E-state index contributed by atoms with van der Waals surface area (Å²) in [6.45, 7) is 15.5. The zero-order chi connectivity index (χ0) is 16.1. The summed E-state index contributed by atoms with van der Waals surface area (Å²) in [5, 5.41) is 0. The number of aliphatic imine (C=N–C) groups is 1. The zero-order valence-corrected chi connectivity index (χ0v) is 13.2. The first-order chi connectivity index (χ1) is 10.5. The Bertz CT molecular complexity index is 711. The summed E-state index contributed by atoms with van der Waals surface area (Å²) in [5.41, 5.74) is 5.21. The van der Waals surface area contributed by atoms with Crippen molar-refractivity contribution >= 4 is 18.2 Å². The quantitative estimate of drug-likeness (QED) is 0.361. The molecule has 0 bridgehead atoms. The summed E-state index contributed by atoms with van der Waals surface area (Å²) >= 11 is 0. The molecule has 0 aromatic heterocycles. The lowest BCUT2D eigenvalue weighted by atomic mass is 10.0. The molecule has 2 aromatic carbocycles. The van der Waals surface area contributed by atoms with Crippen LogP contribution in [0, 0.1) is 13.8 Å². The topological polar surface area (TPSA) is 21.6 Å². The van der Waals surface area contributed by atoms with Gasteiger partial charge in [0, 0.05) is 5.56 Å². The number of rotatable bonds is 6. The Morgan fingerprint density at radius 3 is 2.30 bits per heavy atom. The SMILES string of the molecule is C.C=CCc1ccc(OC(=C)c2cc(C)c(C)cc2N=C)cc1. The van der Waals surface area contributed by atoms with E-state index in [4.69, 9.17) is 4.74 Å². The van der Waals surface area contributed by atoms with Gasteiger partial charge in [-0.25, -0.2) is 0 Å². The van der Waals surface area contributed by atoms with Crippen LogP contribution in [0.2, 0.25) is 0 Å². The van der Waals surface area contributed by atoms with Crippen LogP contribution in [0.5, 0.6) is 5.75 Å². The van der Waals surface area contributed by atoms with Gasteiger partial charge in [0.25, 0.3) is 0 Å². The van der Waals surface area contributed by atoms with Crippen molar-refractivity contribution in [1.82, 2.24) is 0 Å². The molecule has 0 amide bonds. The van der Waals surface area contributed by atoms with Crippen molar-refractivity contribution in [2.45, 2.75) is 27.7 Å². The normalized spacial score (nSPS) is 9.65. The van der Waals surface area contributed by atoms with Gasteiger partial charge in [-0.15, -0.1) is 6.58 Å². The maximum absolute atomic E-state index is 5.86. The molecule has 0 aliphatic heterocycles. The number of allylic oxidation sites excluding steroid dienone is 1. The van der Waals surface area contributed by atoms with Crippen molar-refractivity contribution in [3.8, 4) is 5.75 Å². The van der Waals surface area contributed by atoms with Crippen molar-refractivity contribution in [2.24, 2.45) is 4.99 Å². The van der Waals surface area contributed by atoms with Gasteiger partial charge in [-0.05, 0) is 67.9 Å². The van der Waals surface area contributed by atoms with E-state index in [0.717, 1.165) is 23.4 Å². The fraction of sp³-hybridized carbons (Fsp3) is 0.190. The highest BCUT2D eigenvalue weighted by Gasteiger charge is 2.10. The maximum Gasteiger partial charge on any atom is 0.129 e.